The standard InChI is InChI=1S/C10H14N5O13P3/c11-8-5-9(13-2-12-8)15(3-14-5)10-7(17)6(16)4(26-10)1-25-30(21,22)28-31(23,24)27-29(18,19)20/h2-3,7,10,16-17H,1H2,(H,21,22)(H,23,24)(H2,11,12,13)(H2,18,19,20)/p-4/t7?,10-/m1/s1. The van der Waals surface area contributed by atoms with E-state index >= 15 is 0 Å². The molecule has 1 aliphatic heterocycles. The predicted molar refractivity (Wildman–Crippen MR) is 86.5 cm³/mol. The number of phosphoric ester groups is 1. The van der Waals surface area contributed by atoms with Gasteiger partial charge in [0, 0.05) is 0 Å². The lowest BCUT2D eigenvalue weighted by Gasteiger charge is -2.37. The third-order valence-corrected chi connectivity index (χ3v) is 7.16. The third kappa shape index (κ3) is 5.46. The first kappa shape index (κ1) is 23.7. The fraction of sp³-hybridized carbons (Fsp3) is 0.300. The summed E-state index contributed by atoms with van der Waals surface area (Å²) in [4.78, 5) is 54.8. The molecule has 0 saturated carbocycles. The van der Waals surface area contributed by atoms with Gasteiger partial charge in [-0.15, -0.1) is 0 Å². The van der Waals surface area contributed by atoms with Crippen molar-refractivity contribution in [2.75, 3.05) is 12.3 Å². The van der Waals surface area contributed by atoms with Gasteiger partial charge >= 0.3 is 0 Å². The number of hydrogen-bond donors (Lipinski definition) is 3. The molecule has 0 fully saturated rings. The lowest BCUT2D eigenvalue weighted by molar-refractivity contribution is -0.339. The van der Waals surface area contributed by atoms with E-state index in [9.17, 15) is 43.5 Å². The van der Waals surface area contributed by atoms with Crippen molar-refractivity contribution in [1.82, 2.24) is 19.5 Å². The summed E-state index contributed by atoms with van der Waals surface area (Å²) in [6.07, 6.45) is -0.950. The number of nitrogens with zero attached hydrogens (tertiary/aromatic N) is 4. The minimum atomic E-state index is -6.15. The van der Waals surface area contributed by atoms with E-state index < -0.39 is 53.9 Å². The second kappa shape index (κ2) is 8.20. The zero-order valence-corrected chi connectivity index (χ0v) is 17.3. The van der Waals surface area contributed by atoms with Crippen LogP contribution in [0.15, 0.2) is 24.2 Å². The molecule has 3 unspecified atom stereocenters. The lowest BCUT2D eigenvalue weighted by Crippen LogP contribution is -2.22. The Hall–Kier alpha value is -1.94. The van der Waals surface area contributed by atoms with Crippen LogP contribution in [0.2, 0.25) is 0 Å². The summed E-state index contributed by atoms with van der Waals surface area (Å²) in [5.41, 5.74) is 5.87. The first-order valence-electron chi connectivity index (χ1n) is 7.60. The number of imidazole rings is 1. The molecule has 0 amide bonds. The molecule has 0 radical (unpaired) electrons. The molecule has 0 saturated heterocycles. The van der Waals surface area contributed by atoms with Crippen molar-refractivity contribution in [2.45, 2.75) is 12.3 Å². The quantitative estimate of drug-likeness (QED) is 0.301. The first-order valence-corrected chi connectivity index (χ1v) is 12.0. The van der Waals surface area contributed by atoms with Crippen LogP contribution in [0, 0.1) is 0 Å². The van der Waals surface area contributed by atoms with E-state index in [1.807, 2.05) is 0 Å². The Kier molecular flexibility index (Phi) is 6.27. The van der Waals surface area contributed by atoms with Crippen LogP contribution in [0.3, 0.4) is 0 Å². The number of phosphoric acid groups is 3. The average molecular weight is 501 g/mol. The van der Waals surface area contributed by atoms with Crippen molar-refractivity contribution >= 4 is 40.4 Å². The topological polar surface area (TPSA) is 290 Å². The zero-order valence-electron chi connectivity index (χ0n) is 14.6. The van der Waals surface area contributed by atoms with Crippen molar-refractivity contribution in [2.24, 2.45) is 0 Å². The predicted octanol–water partition coefficient (Wildman–Crippen LogP) is -3.12. The number of ether oxygens (including phenoxy) is 1. The first-order chi connectivity index (χ1) is 14.2. The van der Waals surface area contributed by atoms with E-state index in [0.717, 1.165) is 17.2 Å². The van der Waals surface area contributed by atoms with Gasteiger partial charge in [-0.05, 0) is 0 Å². The van der Waals surface area contributed by atoms with Gasteiger partial charge < -0.3 is 49.3 Å². The second-order valence-corrected chi connectivity index (χ2v) is 9.87. The Morgan fingerprint density at radius 1 is 1.13 bits per heavy atom. The number of aliphatic hydroxyl groups is 2. The molecule has 2 aromatic heterocycles. The van der Waals surface area contributed by atoms with Crippen LogP contribution in [0.1, 0.15) is 6.23 Å². The maximum absolute atomic E-state index is 11.6. The normalized spacial score (nSPS) is 23.5. The van der Waals surface area contributed by atoms with E-state index in [1.165, 1.54) is 0 Å². The summed E-state index contributed by atoms with van der Waals surface area (Å²) in [6, 6.07) is 0. The second-order valence-electron chi connectivity index (χ2n) is 5.62. The molecular formula is C10H10N5O13P3-4. The molecule has 4 atom stereocenters. The molecule has 18 nitrogen and oxygen atoms in total. The highest BCUT2D eigenvalue weighted by atomic mass is 31.3. The fourth-order valence-corrected chi connectivity index (χ4v) is 5.18. The summed E-state index contributed by atoms with van der Waals surface area (Å²) in [5, 5.41) is 20.1. The minimum Gasteiger partial charge on any atom is -0.790 e. The van der Waals surface area contributed by atoms with Crippen molar-refractivity contribution in [3.05, 3.63) is 24.2 Å². The number of aromatic nitrogens is 4. The molecule has 3 heterocycles. The number of rotatable bonds is 8. The lowest BCUT2D eigenvalue weighted by atomic mass is 10.2. The van der Waals surface area contributed by atoms with E-state index in [1.54, 1.807) is 0 Å². The molecule has 0 aliphatic carbocycles. The van der Waals surface area contributed by atoms with Crippen LogP contribution < -0.4 is 25.3 Å². The van der Waals surface area contributed by atoms with E-state index in [-0.39, 0.29) is 17.0 Å². The molecule has 0 bridgehead atoms. The van der Waals surface area contributed by atoms with Gasteiger partial charge in [0.25, 0.3) is 15.6 Å². The zero-order chi connectivity index (χ0) is 23.2. The summed E-state index contributed by atoms with van der Waals surface area (Å²) < 4.78 is 49.9. The number of anilines is 1. The van der Waals surface area contributed by atoms with Crippen LogP contribution in [0.25, 0.3) is 11.2 Å². The molecule has 1 aliphatic rings. The summed E-state index contributed by atoms with van der Waals surface area (Å²) >= 11 is 0. The van der Waals surface area contributed by atoms with E-state index in [2.05, 4.69) is 28.1 Å². The van der Waals surface area contributed by atoms with Gasteiger partial charge in [-0.25, -0.2) is 19.3 Å². The molecule has 4 N–H and O–H groups in total. The summed E-state index contributed by atoms with van der Waals surface area (Å²) in [7, 11) is -18.1. The highest BCUT2D eigenvalue weighted by Gasteiger charge is 2.38. The Morgan fingerprint density at radius 3 is 2.45 bits per heavy atom. The SMILES string of the molecule is Nc1ncnc2c1ncn2[C@@H]1OC(COP(=O)([O-])OP(=O)([O-])OP(=O)([O-])[O-])=C(O)C1O. The Labute approximate surface area is 171 Å². The maximum atomic E-state index is 11.6. The Morgan fingerprint density at radius 2 is 1.81 bits per heavy atom. The van der Waals surface area contributed by atoms with Gasteiger partial charge in [0.15, 0.2) is 29.1 Å². The van der Waals surface area contributed by atoms with E-state index in [4.69, 9.17) is 10.5 Å². The average Bonchev–Trinajstić information content (AvgIpc) is 3.13. The fourth-order valence-electron chi connectivity index (χ4n) is 2.36. The van der Waals surface area contributed by atoms with Gasteiger partial charge in [0.1, 0.15) is 24.8 Å². The van der Waals surface area contributed by atoms with Crippen molar-refractivity contribution < 1.29 is 61.4 Å². The monoisotopic (exact) mass is 501 g/mol. The van der Waals surface area contributed by atoms with Crippen LogP contribution in [0.4, 0.5) is 5.82 Å². The molecule has 172 valence electrons. The van der Waals surface area contributed by atoms with E-state index in [0.29, 0.717) is 0 Å². The number of fused-ring (bicyclic) bond motifs is 1. The van der Waals surface area contributed by atoms with Crippen LogP contribution in [-0.4, -0.2) is 42.4 Å². The van der Waals surface area contributed by atoms with Gasteiger partial charge in [0.2, 0.25) is 6.23 Å². The summed E-state index contributed by atoms with van der Waals surface area (Å²) in [6.45, 7) is -1.20. The van der Waals surface area contributed by atoms with Crippen LogP contribution >= 0.6 is 23.5 Å². The molecule has 0 aromatic carbocycles. The molecular weight excluding hydrogens is 491 g/mol. The maximum Gasteiger partial charge on any atom is 0.278 e. The molecule has 2 aromatic rings. The number of hydrogen-bond acceptors (Lipinski definition) is 17. The van der Waals surface area contributed by atoms with Crippen molar-refractivity contribution in [3.8, 4) is 0 Å². The number of aliphatic hydroxyl groups excluding tert-OH is 2. The number of nitrogens with two attached hydrogens (primary N) is 1. The number of nitrogen functional groups attached to an aromatic ring is 1. The smallest absolute Gasteiger partial charge is 0.278 e. The van der Waals surface area contributed by atoms with Gasteiger partial charge in [0.05, 0.1) is 7.82 Å². The molecule has 3 rings (SSSR count). The summed E-state index contributed by atoms with van der Waals surface area (Å²) in [5.74, 6) is -1.55. The Balaban J connectivity index is 1.71. The van der Waals surface area contributed by atoms with Gasteiger partial charge in [-0.2, -0.15) is 0 Å². The third-order valence-electron chi connectivity index (χ3n) is 3.51. The molecule has 21 heteroatoms. The van der Waals surface area contributed by atoms with Gasteiger partial charge in [-0.3, -0.25) is 18.0 Å². The minimum absolute atomic E-state index is 0.00591. The van der Waals surface area contributed by atoms with Crippen LogP contribution in [-0.2, 0) is 31.6 Å². The van der Waals surface area contributed by atoms with Crippen molar-refractivity contribution in [3.63, 3.8) is 0 Å². The highest BCUT2D eigenvalue weighted by Crippen LogP contribution is 2.60. The molecule has 31 heavy (non-hydrogen) atoms. The highest BCUT2D eigenvalue weighted by molar-refractivity contribution is 7.64. The Bertz CT molecular complexity index is 1180. The van der Waals surface area contributed by atoms with Crippen molar-refractivity contribution in [1.29, 1.82) is 0 Å². The molecule has 0 spiro atoms. The van der Waals surface area contributed by atoms with Crippen LogP contribution in [0.5, 0.6) is 0 Å². The largest absolute Gasteiger partial charge is 0.790 e. The van der Waals surface area contributed by atoms with Gasteiger partial charge in [-0.1, -0.05) is 0 Å².